The standard InChI is InChI=1S/C23H21N3OS/c1-15-13-16(2)24-22-19(15)20(25-10-5-6-11-25)21(28-22)23(27)26-12-9-17-7-3-4-8-18(17)14-26/h3-8,10-11,13H,9,12,14H2,1-2H3. The van der Waals surface area contributed by atoms with Crippen LogP contribution in [0.5, 0.6) is 0 Å². The third-order valence-corrected chi connectivity index (χ3v) is 6.50. The Hall–Kier alpha value is -2.92. The smallest absolute Gasteiger partial charge is 0.266 e. The fourth-order valence-corrected chi connectivity index (χ4v) is 5.37. The van der Waals surface area contributed by atoms with Gasteiger partial charge in [0.15, 0.2) is 0 Å². The zero-order valence-electron chi connectivity index (χ0n) is 16.0. The number of rotatable bonds is 2. The van der Waals surface area contributed by atoms with Crippen LogP contribution in [-0.2, 0) is 13.0 Å². The Morgan fingerprint density at radius 1 is 1.07 bits per heavy atom. The molecule has 1 aliphatic rings. The Kier molecular flexibility index (Phi) is 4.05. The lowest BCUT2D eigenvalue weighted by Crippen LogP contribution is -2.35. The van der Waals surface area contributed by atoms with Crippen LogP contribution in [0.1, 0.15) is 32.1 Å². The molecule has 0 saturated carbocycles. The monoisotopic (exact) mass is 387 g/mol. The minimum absolute atomic E-state index is 0.0956. The summed E-state index contributed by atoms with van der Waals surface area (Å²) in [5, 5.41) is 1.08. The molecule has 140 valence electrons. The molecule has 3 aromatic heterocycles. The predicted octanol–water partition coefficient (Wildman–Crippen LogP) is 4.90. The van der Waals surface area contributed by atoms with Crippen LogP contribution >= 0.6 is 11.3 Å². The topological polar surface area (TPSA) is 38.1 Å². The van der Waals surface area contributed by atoms with E-state index in [2.05, 4.69) is 31.2 Å². The molecule has 0 radical (unpaired) electrons. The van der Waals surface area contributed by atoms with Crippen molar-refractivity contribution in [2.45, 2.75) is 26.8 Å². The van der Waals surface area contributed by atoms with Crippen molar-refractivity contribution in [2.24, 2.45) is 0 Å². The van der Waals surface area contributed by atoms with Crippen molar-refractivity contribution in [1.29, 1.82) is 0 Å². The van der Waals surface area contributed by atoms with Gasteiger partial charge in [-0.3, -0.25) is 4.79 Å². The first-order valence-corrected chi connectivity index (χ1v) is 10.3. The maximum Gasteiger partial charge on any atom is 0.266 e. The summed E-state index contributed by atoms with van der Waals surface area (Å²) in [4.78, 5) is 22.0. The van der Waals surface area contributed by atoms with Crippen LogP contribution in [0.15, 0.2) is 54.9 Å². The summed E-state index contributed by atoms with van der Waals surface area (Å²) in [5.74, 6) is 0.0956. The van der Waals surface area contributed by atoms with E-state index in [9.17, 15) is 4.79 Å². The van der Waals surface area contributed by atoms with Gasteiger partial charge in [0.25, 0.3) is 5.91 Å². The molecule has 1 amide bonds. The normalized spacial score (nSPS) is 13.7. The second kappa shape index (κ2) is 6.60. The van der Waals surface area contributed by atoms with Gasteiger partial charge in [-0.05, 0) is 55.2 Å². The number of carbonyl (C=O) groups is 1. The van der Waals surface area contributed by atoms with Crippen LogP contribution < -0.4 is 0 Å². The molecule has 0 bridgehead atoms. The van der Waals surface area contributed by atoms with E-state index in [4.69, 9.17) is 4.98 Å². The molecule has 0 N–H and O–H groups in total. The Morgan fingerprint density at radius 3 is 2.61 bits per heavy atom. The van der Waals surface area contributed by atoms with Crippen molar-refractivity contribution < 1.29 is 4.79 Å². The minimum Gasteiger partial charge on any atom is -0.333 e. The highest BCUT2D eigenvalue weighted by Gasteiger charge is 2.28. The second-order valence-corrected chi connectivity index (χ2v) is 8.38. The molecular weight excluding hydrogens is 366 g/mol. The molecule has 0 spiro atoms. The summed E-state index contributed by atoms with van der Waals surface area (Å²) in [6.45, 7) is 5.52. The summed E-state index contributed by atoms with van der Waals surface area (Å²) < 4.78 is 2.05. The quantitative estimate of drug-likeness (QED) is 0.490. The van der Waals surface area contributed by atoms with E-state index in [0.29, 0.717) is 6.54 Å². The van der Waals surface area contributed by atoms with Crippen LogP contribution in [0, 0.1) is 13.8 Å². The number of hydrogen-bond donors (Lipinski definition) is 0. The van der Waals surface area contributed by atoms with E-state index in [1.165, 1.54) is 22.5 Å². The minimum atomic E-state index is 0.0956. The second-order valence-electron chi connectivity index (χ2n) is 7.38. The number of amides is 1. The van der Waals surface area contributed by atoms with Crippen molar-refractivity contribution in [2.75, 3.05) is 6.54 Å². The Balaban J connectivity index is 1.64. The summed E-state index contributed by atoms with van der Waals surface area (Å²) in [6.07, 6.45) is 4.91. The molecular formula is C23H21N3OS. The number of benzene rings is 1. The van der Waals surface area contributed by atoms with Crippen LogP contribution in [-0.4, -0.2) is 26.9 Å². The van der Waals surface area contributed by atoms with Gasteiger partial charge in [0.2, 0.25) is 0 Å². The van der Waals surface area contributed by atoms with Gasteiger partial charge in [0.05, 0.1) is 5.69 Å². The third kappa shape index (κ3) is 2.74. The average Bonchev–Trinajstić information content (AvgIpc) is 3.34. The number of aryl methyl sites for hydroxylation is 2. The maximum atomic E-state index is 13.6. The number of aromatic nitrogens is 2. The molecule has 4 aromatic rings. The lowest BCUT2D eigenvalue weighted by Gasteiger charge is -2.28. The molecule has 0 aliphatic carbocycles. The molecule has 5 rings (SSSR count). The molecule has 4 heterocycles. The van der Waals surface area contributed by atoms with Crippen LogP contribution in [0.25, 0.3) is 15.9 Å². The first-order valence-electron chi connectivity index (χ1n) is 9.52. The van der Waals surface area contributed by atoms with E-state index >= 15 is 0 Å². The highest BCUT2D eigenvalue weighted by Crippen LogP contribution is 2.37. The van der Waals surface area contributed by atoms with Gasteiger partial charge in [-0.25, -0.2) is 4.98 Å². The molecule has 1 aromatic carbocycles. The average molecular weight is 388 g/mol. The Bertz CT molecular complexity index is 1190. The highest BCUT2D eigenvalue weighted by atomic mass is 32.1. The lowest BCUT2D eigenvalue weighted by molar-refractivity contribution is 0.0739. The first kappa shape index (κ1) is 17.2. The number of nitrogens with zero attached hydrogens (tertiary/aromatic N) is 3. The SMILES string of the molecule is Cc1cc(C)c2c(-n3cccc3)c(C(=O)N3CCc4ccccc4C3)sc2n1. The van der Waals surface area contributed by atoms with E-state index in [0.717, 1.165) is 45.0 Å². The molecule has 0 fully saturated rings. The third-order valence-electron chi connectivity index (χ3n) is 5.44. The fourth-order valence-electron chi connectivity index (χ4n) is 4.11. The lowest BCUT2D eigenvalue weighted by atomic mass is 10.00. The zero-order chi connectivity index (χ0) is 19.3. The van der Waals surface area contributed by atoms with Crippen molar-refractivity contribution >= 4 is 27.5 Å². The van der Waals surface area contributed by atoms with Gasteiger partial charge in [0, 0.05) is 36.6 Å². The zero-order valence-corrected chi connectivity index (χ0v) is 16.8. The number of thiophene rings is 1. The summed E-state index contributed by atoms with van der Waals surface area (Å²) >= 11 is 1.51. The predicted molar refractivity (Wildman–Crippen MR) is 113 cm³/mol. The van der Waals surface area contributed by atoms with Crippen molar-refractivity contribution in [1.82, 2.24) is 14.5 Å². The van der Waals surface area contributed by atoms with Crippen molar-refractivity contribution in [3.63, 3.8) is 0 Å². The molecule has 1 aliphatic heterocycles. The molecule has 5 heteroatoms. The molecule has 28 heavy (non-hydrogen) atoms. The largest absolute Gasteiger partial charge is 0.333 e. The van der Waals surface area contributed by atoms with Crippen molar-refractivity contribution in [3.05, 3.63) is 82.1 Å². The first-order chi connectivity index (χ1) is 13.6. The van der Waals surface area contributed by atoms with Crippen LogP contribution in [0.4, 0.5) is 0 Å². The number of fused-ring (bicyclic) bond motifs is 2. The van der Waals surface area contributed by atoms with E-state index < -0.39 is 0 Å². The van der Waals surface area contributed by atoms with Gasteiger partial charge in [-0.15, -0.1) is 11.3 Å². The molecule has 4 nitrogen and oxygen atoms in total. The van der Waals surface area contributed by atoms with Crippen LogP contribution in [0.2, 0.25) is 0 Å². The Morgan fingerprint density at radius 2 is 1.82 bits per heavy atom. The number of hydrogen-bond acceptors (Lipinski definition) is 3. The highest BCUT2D eigenvalue weighted by molar-refractivity contribution is 7.21. The van der Waals surface area contributed by atoms with E-state index in [1.54, 1.807) is 0 Å². The fraction of sp³-hybridized carbons (Fsp3) is 0.217. The Labute approximate surface area is 168 Å². The summed E-state index contributed by atoms with van der Waals surface area (Å²) in [7, 11) is 0. The van der Waals surface area contributed by atoms with Crippen LogP contribution in [0.3, 0.4) is 0 Å². The van der Waals surface area contributed by atoms with Gasteiger partial charge in [-0.2, -0.15) is 0 Å². The van der Waals surface area contributed by atoms with Gasteiger partial charge in [-0.1, -0.05) is 24.3 Å². The summed E-state index contributed by atoms with van der Waals surface area (Å²) in [5.41, 5.74) is 5.69. The van der Waals surface area contributed by atoms with Gasteiger partial charge >= 0.3 is 0 Å². The summed E-state index contributed by atoms with van der Waals surface area (Å²) in [6, 6.07) is 14.5. The van der Waals surface area contributed by atoms with Crippen molar-refractivity contribution in [3.8, 4) is 5.69 Å². The maximum absolute atomic E-state index is 13.6. The van der Waals surface area contributed by atoms with E-state index in [1.807, 2.05) is 47.0 Å². The number of carbonyl (C=O) groups excluding carboxylic acids is 1. The van der Waals surface area contributed by atoms with Gasteiger partial charge < -0.3 is 9.47 Å². The van der Waals surface area contributed by atoms with E-state index in [-0.39, 0.29) is 5.91 Å². The van der Waals surface area contributed by atoms with Gasteiger partial charge in [0.1, 0.15) is 9.71 Å². The molecule has 0 atom stereocenters. The number of pyridine rings is 1. The molecule has 0 unspecified atom stereocenters. The molecule has 0 saturated heterocycles.